The molecule has 4 rings (SSSR count). The maximum atomic E-state index is 12.8. The molecule has 1 atom stereocenters. The molecule has 0 aliphatic heterocycles. The number of carbonyl (C=O) groups is 1. The van der Waals surface area contributed by atoms with Crippen LogP contribution < -0.4 is 10.7 Å². The maximum absolute atomic E-state index is 12.8. The Bertz CT molecular complexity index is 1300. The van der Waals surface area contributed by atoms with Gasteiger partial charge in [-0.15, -0.1) is 0 Å². The summed E-state index contributed by atoms with van der Waals surface area (Å²) in [6.45, 7) is 6.23. The largest absolute Gasteiger partial charge is 0.456 e. The quantitative estimate of drug-likeness (QED) is 0.406. The molecule has 0 radical (unpaired) electrons. The number of amides is 1. The van der Waals surface area contributed by atoms with E-state index in [1.165, 1.54) is 6.07 Å². The molecule has 0 bridgehead atoms. The van der Waals surface area contributed by atoms with Gasteiger partial charge in [-0.1, -0.05) is 55.8 Å². The molecule has 1 amide bonds. The van der Waals surface area contributed by atoms with Crippen LogP contribution in [0.1, 0.15) is 47.7 Å². The molecule has 0 fully saturated rings. The number of rotatable bonds is 5. The zero-order chi connectivity index (χ0) is 22.0. The third-order valence-electron chi connectivity index (χ3n) is 5.67. The molecule has 0 saturated carbocycles. The first-order chi connectivity index (χ1) is 15.0. The number of aryl methyl sites for hydroxylation is 1. The van der Waals surface area contributed by atoms with Crippen LogP contribution in [0.2, 0.25) is 0 Å². The van der Waals surface area contributed by atoms with E-state index >= 15 is 0 Å². The lowest BCUT2D eigenvalue weighted by atomic mass is 9.96. The van der Waals surface area contributed by atoms with Gasteiger partial charge in [-0.2, -0.15) is 0 Å². The minimum absolute atomic E-state index is 0.0802. The van der Waals surface area contributed by atoms with Gasteiger partial charge in [0.05, 0.1) is 5.39 Å². The van der Waals surface area contributed by atoms with E-state index in [1.807, 2.05) is 43.3 Å². The average Bonchev–Trinajstić information content (AvgIpc) is 2.79. The van der Waals surface area contributed by atoms with E-state index in [-0.39, 0.29) is 11.3 Å². The molecule has 156 valence electrons. The number of nitrogens with one attached hydrogen (secondary N) is 1. The van der Waals surface area contributed by atoms with Crippen LogP contribution in [0.5, 0.6) is 0 Å². The molecule has 0 aliphatic rings. The van der Waals surface area contributed by atoms with Gasteiger partial charge in [0, 0.05) is 22.9 Å². The summed E-state index contributed by atoms with van der Waals surface area (Å²) in [5, 5.41) is 3.60. The van der Waals surface area contributed by atoms with Crippen molar-refractivity contribution in [1.29, 1.82) is 0 Å². The lowest BCUT2D eigenvalue weighted by Crippen LogP contribution is -2.13. The number of carbonyl (C=O) groups excluding carboxylic acids is 1. The second-order valence-electron chi connectivity index (χ2n) is 7.90. The number of benzene rings is 3. The molecule has 0 spiro atoms. The van der Waals surface area contributed by atoms with Crippen LogP contribution in [0.25, 0.3) is 22.3 Å². The van der Waals surface area contributed by atoms with E-state index in [2.05, 4.69) is 25.2 Å². The van der Waals surface area contributed by atoms with Crippen molar-refractivity contribution in [3.8, 4) is 11.3 Å². The Balaban J connectivity index is 1.59. The summed E-state index contributed by atoms with van der Waals surface area (Å²) in [6.07, 6.45) is 0.998. The highest BCUT2D eigenvalue weighted by Gasteiger charge is 2.13. The predicted octanol–water partition coefficient (Wildman–Crippen LogP) is 6.53. The highest BCUT2D eigenvalue weighted by Crippen LogP contribution is 2.27. The molecule has 4 nitrogen and oxygen atoms in total. The Hall–Kier alpha value is -3.66. The van der Waals surface area contributed by atoms with Gasteiger partial charge >= 0.3 is 0 Å². The molecule has 3 aromatic carbocycles. The van der Waals surface area contributed by atoms with Gasteiger partial charge in [0.15, 0.2) is 5.43 Å². The summed E-state index contributed by atoms with van der Waals surface area (Å²) in [4.78, 5) is 25.3. The van der Waals surface area contributed by atoms with Crippen molar-refractivity contribution in [1.82, 2.24) is 0 Å². The summed E-state index contributed by atoms with van der Waals surface area (Å²) < 4.78 is 5.93. The molecule has 4 heteroatoms. The molecule has 1 heterocycles. The van der Waals surface area contributed by atoms with Crippen LogP contribution in [0, 0.1) is 6.92 Å². The third kappa shape index (κ3) is 4.29. The number of fused-ring (bicyclic) bond motifs is 1. The second kappa shape index (κ2) is 8.60. The SMILES string of the molecule is CCC(C)c1ccccc1NC(=O)c1ccc(-c2cc(=O)c3cc(C)ccc3o2)cc1. The van der Waals surface area contributed by atoms with E-state index in [0.29, 0.717) is 28.2 Å². The Kier molecular flexibility index (Phi) is 5.72. The Morgan fingerprint density at radius 3 is 2.48 bits per heavy atom. The van der Waals surface area contributed by atoms with Gasteiger partial charge in [-0.05, 0) is 55.2 Å². The van der Waals surface area contributed by atoms with E-state index in [0.717, 1.165) is 28.8 Å². The molecule has 0 saturated heterocycles. The van der Waals surface area contributed by atoms with Crippen molar-refractivity contribution in [2.24, 2.45) is 0 Å². The molecule has 31 heavy (non-hydrogen) atoms. The fourth-order valence-electron chi connectivity index (χ4n) is 3.65. The third-order valence-corrected chi connectivity index (χ3v) is 5.67. The summed E-state index contributed by atoms with van der Waals surface area (Å²) in [7, 11) is 0. The molecule has 0 aliphatic carbocycles. The predicted molar refractivity (Wildman–Crippen MR) is 126 cm³/mol. The highest BCUT2D eigenvalue weighted by molar-refractivity contribution is 6.05. The van der Waals surface area contributed by atoms with Crippen LogP contribution in [-0.2, 0) is 0 Å². The highest BCUT2D eigenvalue weighted by atomic mass is 16.3. The van der Waals surface area contributed by atoms with Crippen molar-refractivity contribution < 1.29 is 9.21 Å². The van der Waals surface area contributed by atoms with Gasteiger partial charge < -0.3 is 9.73 Å². The topological polar surface area (TPSA) is 59.3 Å². The van der Waals surface area contributed by atoms with Crippen molar-refractivity contribution in [2.75, 3.05) is 5.32 Å². The van der Waals surface area contributed by atoms with Crippen molar-refractivity contribution in [3.05, 3.63) is 99.7 Å². The molecule has 1 unspecified atom stereocenters. The molecule has 1 aromatic heterocycles. The number of anilines is 1. The molecule has 1 N–H and O–H groups in total. The minimum Gasteiger partial charge on any atom is -0.456 e. The number of hydrogen-bond donors (Lipinski definition) is 1. The Morgan fingerprint density at radius 2 is 1.74 bits per heavy atom. The standard InChI is InChI=1S/C27H25NO3/c1-4-18(3)21-7-5-6-8-23(21)28-27(30)20-12-10-19(11-13-20)26-16-24(29)22-15-17(2)9-14-25(22)31-26/h5-16,18H,4H2,1-3H3,(H,28,30). The zero-order valence-electron chi connectivity index (χ0n) is 17.9. The summed E-state index contributed by atoms with van der Waals surface area (Å²) in [5.41, 5.74) is 4.74. The average molecular weight is 412 g/mol. The van der Waals surface area contributed by atoms with Gasteiger partial charge in [-0.25, -0.2) is 0 Å². The van der Waals surface area contributed by atoms with Gasteiger partial charge in [0.1, 0.15) is 11.3 Å². The minimum atomic E-state index is -0.169. The van der Waals surface area contributed by atoms with Crippen molar-refractivity contribution in [2.45, 2.75) is 33.1 Å². The van der Waals surface area contributed by atoms with Crippen LogP contribution >= 0.6 is 0 Å². The van der Waals surface area contributed by atoms with Crippen LogP contribution in [-0.4, -0.2) is 5.91 Å². The fraction of sp³-hybridized carbons (Fsp3) is 0.185. The maximum Gasteiger partial charge on any atom is 0.255 e. The van der Waals surface area contributed by atoms with Crippen molar-refractivity contribution >= 4 is 22.6 Å². The van der Waals surface area contributed by atoms with Gasteiger partial charge in [0.2, 0.25) is 0 Å². The second-order valence-corrected chi connectivity index (χ2v) is 7.90. The normalized spacial score (nSPS) is 12.0. The molecular weight excluding hydrogens is 386 g/mol. The fourth-order valence-corrected chi connectivity index (χ4v) is 3.65. The van der Waals surface area contributed by atoms with E-state index in [1.54, 1.807) is 24.3 Å². The van der Waals surface area contributed by atoms with Crippen molar-refractivity contribution in [3.63, 3.8) is 0 Å². The summed E-state index contributed by atoms with van der Waals surface area (Å²) in [6, 6.07) is 22.0. The molecular formula is C27H25NO3. The summed E-state index contributed by atoms with van der Waals surface area (Å²) >= 11 is 0. The van der Waals surface area contributed by atoms with Crippen LogP contribution in [0.4, 0.5) is 5.69 Å². The Morgan fingerprint density at radius 1 is 1.00 bits per heavy atom. The zero-order valence-corrected chi connectivity index (χ0v) is 17.9. The first-order valence-electron chi connectivity index (χ1n) is 10.5. The van der Waals surface area contributed by atoms with Crippen LogP contribution in [0.15, 0.2) is 82.0 Å². The smallest absolute Gasteiger partial charge is 0.255 e. The number of hydrogen-bond acceptors (Lipinski definition) is 3. The van der Waals surface area contributed by atoms with Gasteiger partial charge in [0.25, 0.3) is 5.91 Å². The lowest BCUT2D eigenvalue weighted by molar-refractivity contribution is 0.102. The van der Waals surface area contributed by atoms with Gasteiger partial charge in [-0.3, -0.25) is 9.59 Å². The first kappa shape index (κ1) is 20.6. The Labute approximate surface area is 181 Å². The number of para-hydroxylation sites is 1. The van der Waals surface area contributed by atoms with E-state index < -0.39 is 0 Å². The molecule has 4 aromatic rings. The van der Waals surface area contributed by atoms with E-state index in [4.69, 9.17) is 4.42 Å². The summed E-state index contributed by atoms with van der Waals surface area (Å²) in [5.74, 6) is 0.673. The van der Waals surface area contributed by atoms with Crippen LogP contribution in [0.3, 0.4) is 0 Å². The monoisotopic (exact) mass is 411 g/mol. The lowest BCUT2D eigenvalue weighted by Gasteiger charge is -2.15. The van der Waals surface area contributed by atoms with E-state index in [9.17, 15) is 9.59 Å². The first-order valence-corrected chi connectivity index (χ1v) is 10.5.